The van der Waals surface area contributed by atoms with Crippen molar-refractivity contribution in [3.05, 3.63) is 77.4 Å². The summed E-state index contributed by atoms with van der Waals surface area (Å²) in [7, 11) is 1.57. The standard InChI is InChI=1S/C30H37N7O3/c1-19-10-11-20(14-24(19)37-17-23(34-35-37)28(39)31-18-29(2,3)4)27(38)33-22-15-21(30(5,6)7)16-25(26(22)40-8)36-13-9-12-32-36/h9-17H,18H2,1-8H3,(H,31,39)(H,33,38). The second-order valence-electron chi connectivity index (χ2n) is 12.0. The van der Waals surface area contributed by atoms with Gasteiger partial charge in [-0.25, -0.2) is 9.36 Å². The van der Waals surface area contributed by atoms with Crippen LogP contribution in [0.5, 0.6) is 5.75 Å². The van der Waals surface area contributed by atoms with E-state index in [-0.39, 0.29) is 28.3 Å². The average molecular weight is 544 g/mol. The highest BCUT2D eigenvalue weighted by molar-refractivity contribution is 6.06. The van der Waals surface area contributed by atoms with E-state index in [4.69, 9.17) is 4.74 Å². The Morgan fingerprint density at radius 3 is 2.35 bits per heavy atom. The molecular formula is C30H37N7O3. The minimum absolute atomic E-state index is 0.0574. The van der Waals surface area contributed by atoms with Gasteiger partial charge >= 0.3 is 0 Å². The number of ether oxygens (including phenoxy) is 1. The molecule has 0 atom stereocenters. The van der Waals surface area contributed by atoms with Gasteiger partial charge in [0.05, 0.1) is 24.7 Å². The molecule has 2 amide bonds. The van der Waals surface area contributed by atoms with Crippen molar-refractivity contribution >= 4 is 17.5 Å². The lowest BCUT2D eigenvalue weighted by atomic mass is 9.86. The molecule has 0 bridgehead atoms. The Morgan fingerprint density at radius 2 is 1.73 bits per heavy atom. The molecule has 4 aromatic rings. The number of benzene rings is 2. The maximum Gasteiger partial charge on any atom is 0.273 e. The maximum atomic E-state index is 13.5. The van der Waals surface area contributed by atoms with Crippen molar-refractivity contribution in [3.63, 3.8) is 0 Å². The third-order valence-corrected chi connectivity index (χ3v) is 6.36. The minimum atomic E-state index is -0.319. The highest BCUT2D eigenvalue weighted by atomic mass is 16.5. The van der Waals surface area contributed by atoms with Crippen LogP contribution in [0.4, 0.5) is 5.69 Å². The number of amides is 2. The van der Waals surface area contributed by atoms with Crippen molar-refractivity contribution in [1.29, 1.82) is 0 Å². The second kappa shape index (κ2) is 11.0. The van der Waals surface area contributed by atoms with Crippen LogP contribution in [-0.4, -0.2) is 50.2 Å². The second-order valence-corrected chi connectivity index (χ2v) is 12.0. The van der Waals surface area contributed by atoms with E-state index in [1.54, 1.807) is 36.3 Å². The number of nitrogens with one attached hydrogen (secondary N) is 2. The Morgan fingerprint density at radius 1 is 0.975 bits per heavy atom. The molecule has 2 aromatic heterocycles. The van der Waals surface area contributed by atoms with Crippen molar-refractivity contribution in [2.24, 2.45) is 5.41 Å². The van der Waals surface area contributed by atoms with Gasteiger partial charge < -0.3 is 15.4 Å². The molecule has 0 aliphatic heterocycles. The monoisotopic (exact) mass is 543 g/mol. The number of anilines is 1. The maximum absolute atomic E-state index is 13.5. The first-order valence-corrected chi connectivity index (χ1v) is 13.1. The lowest BCUT2D eigenvalue weighted by molar-refractivity contribution is 0.0933. The highest BCUT2D eigenvalue weighted by Crippen LogP contribution is 2.37. The van der Waals surface area contributed by atoms with Crippen LogP contribution >= 0.6 is 0 Å². The van der Waals surface area contributed by atoms with E-state index in [2.05, 4.69) is 46.8 Å². The number of carbonyl (C=O) groups excluding carboxylic acids is 2. The normalized spacial score (nSPS) is 11.8. The Labute approximate surface area is 234 Å². The van der Waals surface area contributed by atoms with Crippen molar-refractivity contribution in [1.82, 2.24) is 30.1 Å². The quantitative estimate of drug-likeness (QED) is 0.335. The summed E-state index contributed by atoms with van der Waals surface area (Å²) < 4.78 is 8.97. The van der Waals surface area contributed by atoms with Crippen LogP contribution < -0.4 is 15.4 Å². The fourth-order valence-corrected chi connectivity index (χ4v) is 4.05. The molecule has 4 rings (SSSR count). The first kappa shape index (κ1) is 28.5. The molecule has 10 heteroatoms. The molecule has 10 nitrogen and oxygen atoms in total. The molecule has 0 fully saturated rings. The van der Waals surface area contributed by atoms with Gasteiger partial charge in [0.15, 0.2) is 11.4 Å². The number of hydrogen-bond acceptors (Lipinski definition) is 6. The Bertz CT molecular complexity index is 1520. The third kappa shape index (κ3) is 6.39. The van der Waals surface area contributed by atoms with Gasteiger partial charge in [-0.2, -0.15) is 5.10 Å². The highest BCUT2D eigenvalue weighted by Gasteiger charge is 2.23. The summed E-state index contributed by atoms with van der Waals surface area (Å²) in [6.45, 7) is 14.9. The first-order valence-electron chi connectivity index (χ1n) is 13.1. The largest absolute Gasteiger partial charge is 0.492 e. The number of methoxy groups -OCH3 is 1. The van der Waals surface area contributed by atoms with Gasteiger partial charge in [-0.1, -0.05) is 52.8 Å². The molecule has 0 aliphatic carbocycles. The molecule has 0 saturated heterocycles. The van der Waals surface area contributed by atoms with Crippen LogP contribution in [0.15, 0.2) is 55.0 Å². The molecule has 0 saturated carbocycles. The molecule has 0 unspecified atom stereocenters. The van der Waals surface area contributed by atoms with Crippen LogP contribution in [-0.2, 0) is 5.41 Å². The lowest BCUT2D eigenvalue weighted by Gasteiger charge is -2.23. The topological polar surface area (TPSA) is 116 Å². The smallest absolute Gasteiger partial charge is 0.273 e. The Hall–Kier alpha value is -4.47. The number of nitrogens with zero attached hydrogens (tertiary/aromatic N) is 5. The number of aromatic nitrogens is 5. The minimum Gasteiger partial charge on any atom is -0.492 e. The molecule has 0 spiro atoms. The zero-order valence-electron chi connectivity index (χ0n) is 24.4. The van der Waals surface area contributed by atoms with Gasteiger partial charge in [-0.15, -0.1) is 5.10 Å². The Balaban J connectivity index is 1.65. The molecule has 0 radical (unpaired) electrons. The van der Waals surface area contributed by atoms with Gasteiger partial charge in [-0.05, 0) is 59.2 Å². The van der Waals surface area contributed by atoms with E-state index >= 15 is 0 Å². The zero-order chi connectivity index (χ0) is 29.2. The molecule has 210 valence electrons. The number of carbonyl (C=O) groups is 2. The van der Waals surface area contributed by atoms with E-state index in [9.17, 15) is 9.59 Å². The van der Waals surface area contributed by atoms with Crippen molar-refractivity contribution in [2.45, 2.75) is 53.9 Å². The van der Waals surface area contributed by atoms with Gasteiger partial charge in [-0.3, -0.25) is 9.59 Å². The molecule has 2 aromatic carbocycles. The van der Waals surface area contributed by atoms with Crippen LogP contribution in [0.3, 0.4) is 0 Å². The van der Waals surface area contributed by atoms with Crippen LogP contribution in [0.2, 0.25) is 0 Å². The predicted molar refractivity (Wildman–Crippen MR) is 155 cm³/mol. The summed E-state index contributed by atoms with van der Waals surface area (Å²) in [5.41, 5.74) is 4.16. The lowest BCUT2D eigenvalue weighted by Crippen LogP contribution is -2.32. The average Bonchev–Trinajstić information content (AvgIpc) is 3.59. The van der Waals surface area contributed by atoms with Crippen molar-refractivity contribution in [2.75, 3.05) is 19.0 Å². The van der Waals surface area contributed by atoms with E-state index in [0.29, 0.717) is 29.2 Å². The predicted octanol–water partition coefficient (Wildman–Crippen LogP) is 5.10. The zero-order valence-corrected chi connectivity index (χ0v) is 24.4. The first-order chi connectivity index (χ1) is 18.8. The molecule has 40 heavy (non-hydrogen) atoms. The van der Waals surface area contributed by atoms with Gasteiger partial charge in [0.25, 0.3) is 11.8 Å². The fraction of sp³-hybridized carbons (Fsp3) is 0.367. The van der Waals surface area contributed by atoms with E-state index in [1.165, 1.54) is 4.68 Å². The summed E-state index contributed by atoms with van der Waals surface area (Å²) in [5.74, 6) is -0.119. The van der Waals surface area contributed by atoms with E-state index in [0.717, 1.165) is 16.8 Å². The van der Waals surface area contributed by atoms with Gasteiger partial charge in [0.1, 0.15) is 5.69 Å². The summed E-state index contributed by atoms with van der Waals surface area (Å²) >= 11 is 0. The fourth-order valence-electron chi connectivity index (χ4n) is 4.05. The SMILES string of the molecule is COc1c(NC(=O)c2ccc(C)c(-n3cc(C(=O)NCC(C)(C)C)nn3)c2)cc(C(C)(C)C)cc1-n1cccn1. The number of rotatable bonds is 7. The summed E-state index contributed by atoms with van der Waals surface area (Å²) in [4.78, 5) is 26.1. The summed E-state index contributed by atoms with van der Waals surface area (Å²) in [6, 6.07) is 11.1. The van der Waals surface area contributed by atoms with Crippen molar-refractivity contribution in [3.8, 4) is 17.1 Å². The van der Waals surface area contributed by atoms with Gasteiger partial charge in [0.2, 0.25) is 0 Å². The molecule has 2 N–H and O–H groups in total. The van der Waals surface area contributed by atoms with Crippen LogP contribution in [0.25, 0.3) is 11.4 Å². The van der Waals surface area contributed by atoms with Crippen LogP contribution in [0.1, 0.15) is 73.5 Å². The van der Waals surface area contributed by atoms with Gasteiger partial charge in [0, 0.05) is 24.5 Å². The van der Waals surface area contributed by atoms with E-state index in [1.807, 2.05) is 58.2 Å². The summed E-state index contributed by atoms with van der Waals surface area (Å²) in [5, 5.41) is 18.5. The molecule has 0 aliphatic rings. The number of aryl methyl sites for hydroxylation is 1. The Kier molecular flexibility index (Phi) is 7.81. The van der Waals surface area contributed by atoms with Crippen LogP contribution in [0, 0.1) is 12.3 Å². The van der Waals surface area contributed by atoms with E-state index < -0.39 is 0 Å². The third-order valence-electron chi connectivity index (χ3n) is 6.36. The molecule has 2 heterocycles. The van der Waals surface area contributed by atoms with Crippen molar-refractivity contribution < 1.29 is 14.3 Å². The number of hydrogen-bond donors (Lipinski definition) is 2. The molecular weight excluding hydrogens is 506 g/mol. The summed E-state index contributed by atoms with van der Waals surface area (Å²) in [6.07, 6.45) is 5.09.